The number of aromatic nitrogens is 1. The number of hydrogen-bond acceptors (Lipinski definition) is 3. The molecule has 1 fully saturated rings. The van der Waals surface area contributed by atoms with Crippen LogP contribution in [0.4, 0.5) is 11.5 Å². The Morgan fingerprint density at radius 3 is 2.62 bits per heavy atom. The summed E-state index contributed by atoms with van der Waals surface area (Å²) < 4.78 is 0. The second kappa shape index (κ2) is 7.70. The minimum atomic E-state index is 0.0382. The zero-order valence-corrected chi connectivity index (χ0v) is 16.5. The average Bonchev–Trinajstić information content (AvgIpc) is 3.41. The number of hydrogen-bond donors (Lipinski definition) is 0. The molecular formula is C25H25N3O. The summed E-state index contributed by atoms with van der Waals surface area (Å²) in [6, 6.07) is 23.2. The molecule has 3 aromatic rings. The Bertz CT molecular complexity index is 1000. The summed E-state index contributed by atoms with van der Waals surface area (Å²) in [7, 11) is 0. The van der Waals surface area contributed by atoms with Gasteiger partial charge in [-0.25, -0.2) is 4.98 Å². The number of pyridine rings is 1. The summed E-state index contributed by atoms with van der Waals surface area (Å²) in [6.45, 7) is 1.77. The number of rotatable bonds is 4. The van der Waals surface area contributed by atoms with Gasteiger partial charge in [0.1, 0.15) is 5.82 Å². The van der Waals surface area contributed by atoms with E-state index >= 15 is 0 Å². The Labute approximate surface area is 171 Å². The zero-order valence-electron chi connectivity index (χ0n) is 16.5. The van der Waals surface area contributed by atoms with Crippen LogP contribution in [0.15, 0.2) is 72.9 Å². The van der Waals surface area contributed by atoms with Crippen molar-refractivity contribution in [1.82, 2.24) is 4.98 Å². The van der Waals surface area contributed by atoms with Crippen molar-refractivity contribution < 1.29 is 4.79 Å². The van der Waals surface area contributed by atoms with Crippen LogP contribution in [-0.2, 0) is 12.8 Å². The Morgan fingerprint density at radius 2 is 1.79 bits per heavy atom. The second-order valence-corrected chi connectivity index (χ2v) is 7.92. The van der Waals surface area contributed by atoms with Crippen LogP contribution in [0.5, 0.6) is 0 Å². The summed E-state index contributed by atoms with van der Waals surface area (Å²) in [5.41, 5.74) is 4.29. The maximum Gasteiger partial charge on any atom is 0.259 e. The van der Waals surface area contributed by atoms with E-state index in [1.165, 1.54) is 24.0 Å². The predicted octanol–water partition coefficient (Wildman–Crippen LogP) is 4.50. The molecule has 5 rings (SSSR count). The highest BCUT2D eigenvalue weighted by atomic mass is 16.2. The van der Waals surface area contributed by atoms with Crippen LogP contribution < -0.4 is 9.80 Å². The quantitative estimate of drug-likeness (QED) is 0.666. The molecule has 146 valence electrons. The van der Waals surface area contributed by atoms with Crippen LogP contribution >= 0.6 is 0 Å². The van der Waals surface area contributed by atoms with Crippen molar-refractivity contribution in [2.45, 2.75) is 31.7 Å². The van der Waals surface area contributed by atoms with E-state index in [-0.39, 0.29) is 5.91 Å². The topological polar surface area (TPSA) is 36.4 Å². The van der Waals surface area contributed by atoms with Gasteiger partial charge in [0.25, 0.3) is 5.91 Å². The van der Waals surface area contributed by atoms with Crippen molar-refractivity contribution in [3.8, 4) is 0 Å². The molecule has 0 bridgehead atoms. The summed E-state index contributed by atoms with van der Waals surface area (Å²) in [4.78, 5) is 22.0. The van der Waals surface area contributed by atoms with E-state index in [1.807, 2.05) is 35.2 Å². The van der Waals surface area contributed by atoms with Gasteiger partial charge >= 0.3 is 0 Å². The fraction of sp³-hybridized carbons (Fsp3) is 0.280. The fourth-order valence-electron chi connectivity index (χ4n) is 4.62. The highest BCUT2D eigenvalue weighted by Crippen LogP contribution is 2.30. The Kier molecular flexibility index (Phi) is 4.76. The predicted molar refractivity (Wildman–Crippen MR) is 117 cm³/mol. The number of nitrogens with zero attached hydrogens (tertiary/aromatic N) is 3. The molecule has 2 aliphatic rings. The van der Waals surface area contributed by atoms with E-state index in [9.17, 15) is 4.79 Å². The summed E-state index contributed by atoms with van der Waals surface area (Å²) in [5, 5.41) is 0. The number of carbonyl (C=O) groups is 1. The van der Waals surface area contributed by atoms with Gasteiger partial charge in [-0.1, -0.05) is 48.5 Å². The molecule has 29 heavy (non-hydrogen) atoms. The van der Waals surface area contributed by atoms with Gasteiger partial charge in [0.2, 0.25) is 0 Å². The van der Waals surface area contributed by atoms with Crippen molar-refractivity contribution >= 4 is 17.4 Å². The first-order valence-electron chi connectivity index (χ1n) is 10.5. The Morgan fingerprint density at radius 1 is 0.966 bits per heavy atom. The SMILES string of the molecule is O=C(c1ccc(N2CCCC2Cc2ccccc2)nc1)N1CCc2ccccc21. The molecule has 1 saturated heterocycles. The molecule has 1 atom stereocenters. The van der Waals surface area contributed by atoms with Crippen LogP contribution in [0, 0.1) is 0 Å². The molecule has 0 N–H and O–H groups in total. The lowest BCUT2D eigenvalue weighted by molar-refractivity contribution is 0.0989. The van der Waals surface area contributed by atoms with E-state index < -0.39 is 0 Å². The molecule has 0 aliphatic carbocycles. The van der Waals surface area contributed by atoms with Gasteiger partial charge < -0.3 is 9.80 Å². The second-order valence-electron chi connectivity index (χ2n) is 7.92. The van der Waals surface area contributed by atoms with Crippen molar-refractivity contribution in [3.63, 3.8) is 0 Å². The van der Waals surface area contributed by atoms with E-state index in [1.54, 1.807) is 6.20 Å². The lowest BCUT2D eigenvalue weighted by Crippen LogP contribution is -2.32. The molecule has 4 nitrogen and oxygen atoms in total. The van der Waals surface area contributed by atoms with Gasteiger partial charge in [-0.05, 0) is 55.0 Å². The molecule has 0 radical (unpaired) electrons. The molecule has 4 heteroatoms. The lowest BCUT2D eigenvalue weighted by atomic mass is 10.0. The zero-order chi connectivity index (χ0) is 19.6. The van der Waals surface area contributed by atoms with Gasteiger partial charge in [0, 0.05) is 31.0 Å². The van der Waals surface area contributed by atoms with Crippen LogP contribution in [0.25, 0.3) is 0 Å². The van der Waals surface area contributed by atoms with Gasteiger partial charge in [0.05, 0.1) is 5.56 Å². The number of anilines is 2. The summed E-state index contributed by atoms with van der Waals surface area (Å²) >= 11 is 0. The number of fused-ring (bicyclic) bond motifs is 1. The molecule has 2 aromatic carbocycles. The maximum atomic E-state index is 13.0. The molecule has 1 unspecified atom stereocenters. The molecule has 1 aromatic heterocycles. The van der Waals surface area contributed by atoms with Crippen LogP contribution in [0.2, 0.25) is 0 Å². The fourth-order valence-corrected chi connectivity index (χ4v) is 4.62. The smallest absolute Gasteiger partial charge is 0.259 e. The minimum Gasteiger partial charge on any atom is -0.353 e. The van der Waals surface area contributed by atoms with Crippen molar-refractivity contribution in [1.29, 1.82) is 0 Å². The Balaban J connectivity index is 1.32. The first kappa shape index (κ1) is 17.9. The molecular weight excluding hydrogens is 358 g/mol. The van der Waals surface area contributed by atoms with Crippen molar-refractivity contribution in [2.75, 3.05) is 22.9 Å². The molecule has 1 amide bonds. The van der Waals surface area contributed by atoms with Gasteiger partial charge in [-0.2, -0.15) is 0 Å². The highest BCUT2D eigenvalue weighted by molar-refractivity contribution is 6.07. The largest absolute Gasteiger partial charge is 0.353 e. The third kappa shape index (κ3) is 3.51. The van der Waals surface area contributed by atoms with Crippen LogP contribution in [-0.4, -0.2) is 30.0 Å². The first-order valence-corrected chi connectivity index (χ1v) is 10.5. The van der Waals surface area contributed by atoms with Gasteiger partial charge in [-0.3, -0.25) is 4.79 Å². The average molecular weight is 383 g/mol. The minimum absolute atomic E-state index is 0.0382. The highest BCUT2D eigenvalue weighted by Gasteiger charge is 2.28. The number of carbonyl (C=O) groups excluding carboxylic acids is 1. The Hall–Kier alpha value is -3.14. The van der Waals surface area contributed by atoms with Gasteiger partial charge in [0.15, 0.2) is 0 Å². The van der Waals surface area contributed by atoms with Crippen molar-refractivity contribution in [3.05, 3.63) is 89.6 Å². The normalized spacial score (nSPS) is 18.1. The maximum absolute atomic E-state index is 13.0. The number of benzene rings is 2. The standard InChI is InChI=1S/C25H25N3O/c29-25(28-16-14-20-9-4-5-11-23(20)28)21-12-13-24(26-18-21)27-15-6-10-22(27)17-19-7-2-1-3-8-19/h1-5,7-9,11-13,18,22H,6,10,14-17H2. The monoisotopic (exact) mass is 383 g/mol. The first-order chi connectivity index (χ1) is 14.3. The third-order valence-corrected chi connectivity index (χ3v) is 6.11. The summed E-state index contributed by atoms with van der Waals surface area (Å²) in [5.74, 6) is 1.01. The number of para-hydroxylation sites is 1. The molecule has 2 aliphatic heterocycles. The lowest BCUT2D eigenvalue weighted by Gasteiger charge is -2.26. The van der Waals surface area contributed by atoms with Gasteiger partial charge in [-0.15, -0.1) is 0 Å². The van der Waals surface area contributed by atoms with E-state index in [0.29, 0.717) is 11.6 Å². The van der Waals surface area contributed by atoms with E-state index in [2.05, 4.69) is 46.3 Å². The van der Waals surface area contributed by atoms with Crippen molar-refractivity contribution in [2.24, 2.45) is 0 Å². The van der Waals surface area contributed by atoms with Crippen LogP contribution in [0.3, 0.4) is 0 Å². The van der Waals surface area contributed by atoms with Crippen LogP contribution in [0.1, 0.15) is 34.3 Å². The van der Waals surface area contributed by atoms with E-state index in [0.717, 1.165) is 37.4 Å². The molecule has 0 spiro atoms. The third-order valence-electron chi connectivity index (χ3n) is 6.11. The molecule has 3 heterocycles. The summed E-state index contributed by atoms with van der Waals surface area (Å²) in [6.07, 6.45) is 6.07. The number of amides is 1. The van der Waals surface area contributed by atoms with E-state index in [4.69, 9.17) is 0 Å². The molecule has 0 saturated carbocycles.